The van der Waals surface area contributed by atoms with Crippen molar-refractivity contribution < 1.29 is 13.2 Å². The Hall–Kier alpha value is 0.110. The molecule has 0 saturated heterocycles. The first-order valence-corrected chi connectivity index (χ1v) is 1.38. The predicted octanol–water partition coefficient (Wildman–Crippen LogP) is 2.68. The summed E-state index contributed by atoms with van der Waals surface area (Å²) in [4.78, 5) is 0. The fourth-order valence-electron chi connectivity index (χ4n) is 0. The first-order valence-electron chi connectivity index (χ1n) is 1.01. The molecule has 0 saturated carbocycles. The Bertz CT molecular complexity index is 61.0. The third kappa shape index (κ3) is 6.11. The second-order valence-corrected chi connectivity index (χ2v) is 0.853. The molecule has 0 atom stereocenters. The quantitative estimate of drug-likeness (QED) is 0.501. The summed E-state index contributed by atoms with van der Waals surface area (Å²) in [5, 5.41) is -1.94. The van der Waals surface area contributed by atoms with Gasteiger partial charge in [-0.1, -0.05) is 0 Å². The molecule has 0 heterocycles. The molecule has 44 valence electrons. The van der Waals surface area contributed by atoms with Crippen LogP contribution in [0.15, 0.2) is 11.4 Å². The Morgan fingerprint density at radius 1 is 1.14 bits per heavy atom. The van der Waals surface area contributed by atoms with Gasteiger partial charge < -0.3 is 0 Å². The minimum atomic E-state index is -2.48. The molecular formula is C2HCl2F3. The van der Waals surface area contributed by atoms with Crippen LogP contribution in [-0.2, 0) is 0 Å². The van der Waals surface area contributed by atoms with Crippen LogP contribution in [0.4, 0.5) is 13.2 Å². The summed E-state index contributed by atoms with van der Waals surface area (Å²) in [5.74, 6) is 0. The molecule has 0 bridgehead atoms. The van der Waals surface area contributed by atoms with Gasteiger partial charge >= 0.3 is 6.08 Å². The van der Waals surface area contributed by atoms with Crippen molar-refractivity contribution in [2.24, 2.45) is 0 Å². The predicted molar refractivity (Wildman–Crippen MR) is 23.5 cm³/mol. The van der Waals surface area contributed by atoms with Crippen molar-refractivity contribution in [3.8, 4) is 0 Å². The monoisotopic (exact) mass is 152 g/mol. The van der Waals surface area contributed by atoms with E-state index in [4.69, 9.17) is 0 Å². The Balaban J connectivity index is 0. The van der Waals surface area contributed by atoms with Gasteiger partial charge in [0.2, 0.25) is 0 Å². The zero-order chi connectivity index (χ0) is 5.15. The van der Waals surface area contributed by atoms with Crippen LogP contribution in [0.2, 0.25) is 0 Å². The Morgan fingerprint density at radius 3 is 1.29 bits per heavy atom. The molecule has 0 aliphatic rings. The van der Waals surface area contributed by atoms with Crippen molar-refractivity contribution in [1.82, 2.24) is 0 Å². The van der Waals surface area contributed by atoms with E-state index >= 15 is 0 Å². The van der Waals surface area contributed by atoms with Crippen molar-refractivity contribution in [2.45, 2.75) is 0 Å². The molecular weight excluding hydrogens is 152 g/mol. The molecule has 0 fully saturated rings. The van der Waals surface area contributed by atoms with Crippen LogP contribution < -0.4 is 0 Å². The van der Waals surface area contributed by atoms with Crippen LogP contribution in [0, 0.1) is 0 Å². The van der Waals surface area contributed by atoms with Crippen molar-refractivity contribution in [2.75, 3.05) is 0 Å². The molecule has 7 heavy (non-hydrogen) atoms. The maximum Gasteiger partial charge on any atom is 0.317 e. The average molecular weight is 153 g/mol. The van der Waals surface area contributed by atoms with E-state index in [0.29, 0.717) is 0 Å². The van der Waals surface area contributed by atoms with Crippen LogP contribution in [0.25, 0.3) is 0 Å². The molecule has 5 heteroatoms. The second-order valence-electron chi connectivity index (χ2n) is 0.521. The molecule has 0 aromatic carbocycles. The summed E-state index contributed by atoms with van der Waals surface area (Å²) in [6.45, 7) is 0. The number of hydrogen-bond acceptors (Lipinski definition) is 0. The molecule has 0 aliphatic carbocycles. The number of hydrogen-bond donors (Lipinski definition) is 0. The van der Waals surface area contributed by atoms with Gasteiger partial charge in [-0.3, -0.25) is 0 Å². The van der Waals surface area contributed by atoms with E-state index in [1.807, 2.05) is 0 Å². The molecule has 0 unspecified atom stereocenters. The summed E-state index contributed by atoms with van der Waals surface area (Å²) in [7, 11) is 0. The molecule has 0 N–H and O–H groups in total. The number of halogens is 5. The van der Waals surface area contributed by atoms with E-state index in [1.165, 1.54) is 0 Å². The van der Waals surface area contributed by atoms with Gasteiger partial charge in [0.1, 0.15) is 0 Å². The maximum absolute atomic E-state index is 10.7. The lowest BCUT2D eigenvalue weighted by Gasteiger charge is -1.70. The van der Waals surface area contributed by atoms with Crippen LogP contribution in [0.3, 0.4) is 0 Å². The van der Waals surface area contributed by atoms with E-state index in [-0.39, 0.29) is 12.4 Å². The van der Waals surface area contributed by atoms with Gasteiger partial charge in [0.05, 0.1) is 0 Å². The molecule has 0 rings (SSSR count). The minimum Gasteiger partial charge on any atom is -0.188 e. The van der Waals surface area contributed by atoms with Gasteiger partial charge in [0.25, 0.3) is 5.29 Å². The normalized spacial score (nSPS) is 6.86. The first-order chi connectivity index (χ1) is 2.64. The highest BCUT2D eigenvalue weighted by atomic mass is 35.5. The molecule has 0 aromatic heterocycles. The fraction of sp³-hybridized carbons (Fsp3) is 0. The highest BCUT2D eigenvalue weighted by Crippen LogP contribution is 2.11. The van der Waals surface area contributed by atoms with Crippen LogP contribution >= 0.6 is 24.0 Å². The standard InChI is InChI=1S/C2ClF3.ClH/c3-1(4)2(5)6;/h;1H. The Morgan fingerprint density at radius 2 is 1.29 bits per heavy atom. The van der Waals surface area contributed by atoms with Crippen LogP contribution in [-0.4, -0.2) is 0 Å². The lowest BCUT2D eigenvalue weighted by atomic mass is 11.1. The summed E-state index contributed by atoms with van der Waals surface area (Å²) >= 11 is 4.08. The van der Waals surface area contributed by atoms with Crippen molar-refractivity contribution in [3.63, 3.8) is 0 Å². The van der Waals surface area contributed by atoms with E-state index in [1.54, 1.807) is 0 Å². The average Bonchev–Trinajstić information content (AvgIpc) is 1.36. The number of rotatable bonds is 0. The van der Waals surface area contributed by atoms with E-state index in [0.717, 1.165) is 0 Å². The Kier molecular flexibility index (Phi) is 6.21. The van der Waals surface area contributed by atoms with Gasteiger partial charge in [-0.25, -0.2) is 0 Å². The summed E-state index contributed by atoms with van der Waals surface area (Å²) < 4.78 is 31.8. The lowest BCUT2D eigenvalue weighted by Crippen LogP contribution is -1.54. The maximum atomic E-state index is 10.7. The van der Waals surface area contributed by atoms with Crippen molar-refractivity contribution in [3.05, 3.63) is 11.4 Å². The van der Waals surface area contributed by atoms with E-state index < -0.39 is 11.4 Å². The largest absolute Gasteiger partial charge is 0.317 e. The van der Waals surface area contributed by atoms with Crippen molar-refractivity contribution >= 4 is 24.0 Å². The molecule has 0 radical (unpaired) electrons. The van der Waals surface area contributed by atoms with Gasteiger partial charge in [0, 0.05) is 0 Å². The third-order valence-corrected chi connectivity index (χ3v) is 0.286. The van der Waals surface area contributed by atoms with Gasteiger partial charge in [-0.05, 0) is 11.6 Å². The summed E-state index contributed by atoms with van der Waals surface area (Å²) in [6.07, 6.45) is -2.48. The molecule has 0 aromatic rings. The molecule has 0 nitrogen and oxygen atoms in total. The fourth-order valence-corrected chi connectivity index (χ4v) is 0. The topological polar surface area (TPSA) is 0 Å². The highest BCUT2D eigenvalue weighted by molar-refractivity contribution is 6.28. The van der Waals surface area contributed by atoms with E-state index in [9.17, 15) is 13.2 Å². The first kappa shape index (κ1) is 10.2. The third-order valence-electron chi connectivity index (χ3n) is 0.143. The molecule has 0 amide bonds. The smallest absolute Gasteiger partial charge is 0.188 e. The summed E-state index contributed by atoms with van der Waals surface area (Å²) in [5.41, 5.74) is 0. The molecule has 0 aliphatic heterocycles. The zero-order valence-electron chi connectivity index (χ0n) is 2.92. The summed E-state index contributed by atoms with van der Waals surface area (Å²) in [6, 6.07) is 0. The van der Waals surface area contributed by atoms with Gasteiger partial charge in [0.15, 0.2) is 0 Å². The SMILES string of the molecule is Cl.FC(F)=C(F)Cl. The van der Waals surface area contributed by atoms with Gasteiger partial charge in [-0.2, -0.15) is 13.2 Å². The lowest BCUT2D eigenvalue weighted by molar-refractivity contribution is 0.393. The van der Waals surface area contributed by atoms with E-state index in [2.05, 4.69) is 11.6 Å². The highest BCUT2D eigenvalue weighted by Gasteiger charge is 1.95. The Labute approximate surface area is 49.4 Å². The van der Waals surface area contributed by atoms with Gasteiger partial charge in [-0.15, -0.1) is 12.4 Å². The van der Waals surface area contributed by atoms with Crippen molar-refractivity contribution in [1.29, 1.82) is 0 Å². The van der Waals surface area contributed by atoms with Crippen LogP contribution in [0.5, 0.6) is 0 Å². The van der Waals surface area contributed by atoms with Crippen LogP contribution in [0.1, 0.15) is 0 Å². The zero-order valence-corrected chi connectivity index (χ0v) is 4.49. The molecule has 0 spiro atoms. The second kappa shape index (κ2) is 4.27. The minimum absolute atomic E-state index is 0.